The molecule has 2 heteroatoms. The summed E-state index contributed by atoms with van der Waals surface area (Å²) in [6, 6.07) is 9.97. The Hall–Kier alpha value is -1.12. The van der Waals surface area contributed by atoms with Crippen molar-refractivity contribution in [3.05, 3.63) is 48.0 Å². The van der Waals surface area contributed by atoms with E-state index in [1.807, 2.05) is 30.3 Å². The first-order chi connectivity index (χ1) is 7.21. The largest absolute Gasteiger partial charge is 0.383 e. The third-order valence-corrected chi connectivity index (χ3v) is 2.95. The van der Waals surface area contributed by atoms with Gasteiger partial charge in [-0.05, 0) is 24.0 Å². The van der Waals surface area contributed by atoms with Gasteiger partial charge in [-0.1, -0.05) is 36.9 Å². The molecule has 1 aromatic rings. The van der Waals surface area contributed by atoms with E-state index in [1.165, 1.54) is 0 Å². The van der Waals surface area contributed by atoms with Crippen molar-refractivity contribution in [2.45, 2.75) is 25.0 Å². The molecule has 1 aliphatic carbocycles. The number of hydrogen-bond acceptors (Lipinski definition) is 2. The number of benzene rings is 1. The van der Waals surface area contributed by atoms with Crippen molar-refractivity contribution in [1.82, 2.24) is 0 Å². The van der Waals surface area contributed by atoms with Crippen LogP contribution >= 0.6 is 0 Å². The fraction of sp³-hybridized carbons (Fsp3) is 0.385. The Morgan fingerprint density at radius 2 is 2.07 bits per heavy atom. The van der Waals surface area contributed by atoms with Gasteiger partial charge in [0.1, 0.15) is 5.60 Å². The molecule has 1 aromatic carbocycles. The molecular weight excluding hydrogens is 188 g/mol. The van der Waals surface area contributed by atoms with Crippen LogP contribution in [-0.4, -0.2) is 17.3 Å². The Balaban J connectivity index is 1.78. The topological polar surface area (TPSA) is 29.5 Å². The van der Waals surface area contributed by atoms with Gasteiger partial charge < -0.3 is 9.84 Å². The average molecular weight is 204 g/mol. The molecule has 0 spiro atoms. The summed E-state index contributed by atoms with van der Waals surface area (Å²) < 4.78 is 5.49. The summed E-state index contributed by atoms with van der Waals surface area (Å²) in [5.41, 5.74) is 1.27. The normalized spacial score (nSPS) is 25.0. The monoisotopic (exact) mass is 204 g/mol. The van der Waals surface area contributed by atoms with Crippen LogP contribution in [0.15, 0.2) is 42.5 Å². The SMILES string of the molecule is C=C1CCC1(O)COCc1ccccc1. The number of hydrogen-bond donors (Lipinski definition) is 1. The highest BCUT2D eigenvalue weighted by atomic mass is 16.5. The van der Waals surface area contributed by atoms with Gasteiger partial charge in [-0.2, -0.15) is 0 Å². The molecule has 1 atom stereocenters. The minimum Gasteiger partial charge on any atom is -0.383 e. The molecule has 1 aliphatic rings. The summed E-state index contributed by atoms with van der Waals surface area (Å²) in [6.45, 7) is 4.72. The van der Waals surface area contributed by atoms with Crippen LogP contribution in [-0.2, 0) is 11.3 Å². The Bertz CT molecular complexity index is 345. The fourth-order valence-corrected chi connectivity index (χ4v) is 1.68. The maximum atomic E-state index is 9.93. The second-order valence-electron chi connectivity index (χ2n) is 4.11. The maximum absolute atomic E-state index is 9.93. The minimum absolute atomic E-state index is 0.362. The first-order valence-corrected chi connectivity index (χ1v) is 5.23. The van der Waals surface area contributed by atoms with Gasteiger partial charge in [0.15, 0.2) is 0 Å². The van der Waals surface area contributed by atoms with E-state index in [0.29, 0.717) is 13.2 Å². The molecular formula is C13H16O2. The molecule has 0 aromatic heterocycles. The minimum atomic E-state index is -0.755. The molecule has 0 saturated heterocycles. The molecule has 2 rings (SSSR count). The van der Waals surface area contributed by atoms with Gasteiger partial charge in [-0.3, -0.25) is 0 Å². The number of rotatable bonds is 4. The zero-order valence-electron chi connectivity index (χ0n) is 8.78. The second-order valence-corrected chi connectivity index (χ2v) is 4.11. The Morgan fingerprint density at radius 1 is 1.33 bits per heavy atom. The van der Waals surface area contributed by atoms with Crippen molar-refractivity contribution >= 4 is 0 Å². The van der Waals surface area contributed by atoms with Crippen LogP contribution in [0.5, 0.6) is 0 Å². The first-order valence-electron chi connectivity index (χ1n) is 5.23. The number of aliphatic hydroxyl groups is 1. The van der Waals surface area contributed by atoms with Gasteiger partial charge in [-0.15, -0.1) is 0 Å². The van der Waals surface area contributed by atoms with E-state index in [-0.39, 0.29) is 0 Å². The molecule has 0 amide bonds. The van der Waals surface area contributed by atoms with Crippen LogP contribution in [0.4, 0.5) is 0 Å². The number of ether oxygens (including phenoxy) is 1. The van der Waals surface area contributed by atoms with E-state index in [4.69, 9.17) is 4.74 Å². The van der Waals surface area contributed by atoms with E-state index in [2.05, 4.69) is 6.58 Å². The molecule has 80 valence electrons. The van der Waals surface area contributed by atoms with E-state index >= 15 is 0 Å². The fourth-order valence-electron chi connectivity index (χ4n) is 1.68. The molecule has 1 fully saturated rings. The van der Waals surface area contributed by atoms with Crippen LogP contribution in [0, 0.1) is 0 Å². The Kier molecular flexibility index (Phi) is 2.89. The molecule has 0 radical (unpaired) electrons. The van der Waals surface area contributed by atoms with Crippen molar-refractivity contribution < 1.29 is 9.84 Å². The van der Waals surface area contributed by atoms with Crippen LogP contribution in [0.1, 0.15) is 18.4 Å². The smallest absolute Gasteiger partial charge is 0.109 e. The summed E-state index contributed by atoms with van der Waals surface area (Å²) in [7, 11) is 0. The van der Waals surface area contributed by atoms with Crippen molar-refractivity contribution in [3.63, 3.8) is 0 Å². The van der Waals surface area contributed by atoms with Crippen LogP contribution < -0.4 is 0 Å². The average Bonchev–Trinajstić information content (AvgIpc) is 2.28. The molecule has 1 N–H and O–H groups in total. The predicted molar refractivity (Wildman–Crippen MR) is 59.4 cm³/mol. The molecule has 2 nitrogen and oxygen atoms in total. The lowest BCUT2D eigenvalue weighted by atomic mass is 9.76. The highest BCUT2D eigenvalue weighted by Crippen LogP contribution is 2.36. The lowest BCUT2D eigenvalue weighted by Crippen LogP contribution is -2.43. The lowest BCUT2D eigenvalue weighted by molar-refractivity contribution is -0.0579. The molecule has 15 heavy (non-hydrogen) atoms. The highest BCUT2D eigenvalue weighted by molar-refractivity contribution is 5.22. The summed E-state index contributed by atoms with van der Waals surface area (Å²) in [6.07, 6.45) is 1.70. The summed E-state index contributed by atoms with van der Waals surface area (Å²) in [5, 5.41) is 9.93. The molecule has 0 heterocycles. The van der Waals surface area contributed by atoms with E-state index < -0.39 is 5.60 Å². The Morgan fingerprint density at radius 3 is 2.60 bits per heavy atom. The van der Waals surface area contributed by atoms with Crippen molar-refractivity contribution in [3.8, 4) is 0 Å². The van der Waals surface area contributed by atoms with Gasteiger partial charge in [0, 0.05) is 0 Å². The molecule has 0 bridgehead atoms. The van der Waals surface area contributed by atoms with Gasteiger partial charge in [0.05, 0.1) is 13.2 Å². The maximum Gasteiger partial charge on any atom is 0.109 e. The van der Waals surface area contributed by atoms with Crippen molar-refractivity contribution in [2.24, 2.45) is 0 Å². The van der Waals surface area contributed by atoms with Gasteiger partial charge in [-0.25, -0.2) is 0 Å². The van der Waals surface area contributed by atoms with E-state index in [9.17, 15) is 5.11 Å². The van der Waals surface area contributed by atoms with Gasteiger partial charge in [0.2, 0.25) is 0 Å². The zero-order valence-corrected chi connectivity index (χ0v) is 8.78. The van der Waals surface area contributed by atoms with Crippen molar-refractivity contribution in [2.75, 3.05) is 6.61 Å². The quantitative estimate of drug-likeness (QED) is 0.762. The Labute approximate surface area is 90.2 Å². The van der Waals surface area contributed by atoms with Gasteiger partial charge >= 0.3 is 0 Å². The van der Waals surface area contributed by atoms with Crippen LogP contribution in [0.2, 0.25) is 0 Å². The summed E-state index contributed by atoms with van der Waals surface area (Å²) >= 11 is 0. The van der Waals surface area contributed by atoms with Crippen LogP contribution in [0.25, 0.3) is 0 Å². The second kappa shape index (κ2) is 4.17. The molecule has 0 aliphatic heterocycles. The summed E-state index contributed by atoms with van der Waals surface area (Å²) in [5.74, 6) is 0. The van der Waals surface area contributed by atoms with Crippen molar-refractivity contribution in [1.29, 1.82) is 0 Å². The molecule has 1 unspecified atom stereocenters. The third kappa shape index (κ3) is 2.28. The summed E-state index contributed by atoms with van der Waals surface area (Å²) in [4.78, 5) is 0. The third-order valence-electron chi connectivity index (χ3n) is 2.95. The standard InChI is InChI=1S/C13H16O2/c1-11-7-8-13(11,14)10-15-9-12-5-3-2-4-6-12/h2-6,14H,1,7-10H2. The lowest BCUT2D eigenvalue weighted by Gasteiger charge is -2.38. The van der Waals surface area contributed by atoms with Crippen LogP contribution in [0.3, 0.4) is 0 Å². The highest BCUT2D eigenvalue weighted by Gasteiger charge is 2.38. The van der Waals surface area contributed by atoms with Gasteiger partial charge in [0.25, 0.3) is 0 Å². The first kappa shape index (κ1) is 10.4. The predicted octanol–water partition coefficient (Wildman–Crippen LogP) is 2.28. The zero-order chi connectivity index (χ0) is 10.7. The van der Waals surface area contributed by atoms with E-state index in [1.54, 1.807) is 0 Å². The van der Waals surface area contributed by atoms with E-state index in [0.717, 1.165) is 24.0 Å². The molecule has 1 saturated carbocycles.